The fourth-order valence-corrected chi connectivity index (χ4v) is 2.35. The number of alkyl halides is 1. The van der Waals surface area contributed by atoms with Crippen LogP contribution in [0.2, 0.25) is 0 Å². The zero-order valence-corrected chi connectivity index (χ0v) is 6.39. The average Bonchev–Trinajstić information content (AvgIpc) is 2.20. The van der Waals surface area contributed by atoms with Gasteiger partial charge in [-0.15, -0.1) is 0 Å². The monoisotopic (exact) mass is 143 g/mol. The third kappa shape index (κ3) is 0.858. The van der Waals surface area contributed by atoms with Gasteiger partial charge < -0.3 is 4.90 Å². The van der Waals surface area contributed by atoms with E-state index in [4.69, 9.17) is 0 Å². The molecule has 2 heteroatoms. The lowest BCUT2D eigenvalue weighted by molar-refractivity contribution is 0.107. The summed E-state index contributed by atoms with van der Waals surface area (Å²) in [6.07, 6.45) is 3.51. The normalized spacial score (nSPS) is 48.0. The smallest absolute Gasteiger partial charge is 0.103 e. The molecule has 0 radical (unpaired) electrons. The van der Waals surface area contributed by atoms with Crippen molar-refractivity contribution >= 4 is 0 Å². The van der Waals surface area contributed by atoms with Crippen LogP contribution in [0.3, 0.4) is 0 Å². The largest absolute Gasteiger partial charge is 0.300 e. The second kappa shape index (κ2) is 2.19. The van der Waals surface area contributed by atoms with Gasteiger partial charge in [0.1, 0.15) is 6.17 Å². The van der Waals surface area contributed by atoms with Crippen molar-refractivity contribution in [3.8, 4) is 0 Å². The van der Waals surface area contributed by atoms with Gasteiger partial charge in [-0.3, -0.25) is 0 Å². The Kier molecular flexibility index (Phi) is 1.44. The van der Waals surface area contributed by atoms with Crippen molar-refractivity contribution in [3.05, 3.63) is 0 Å². The minimum atomic E-state index is -0.506. The van der Waals surface area contributed by atoms with Gasteiger partial charge in [-0.05, 0) is 32.7 Å². The van der Waals surface area contributed by atoms with Crippen LogP contribution in [0.1, 0.15) is 25.7 Å². The van der Waals surface area contributed by atoms with Crippen LogP contribution in [0.5, 0.6) is 0 Å². The highest BCUT2D eigenvalue weighted by Gasteiger charge is 2.38. The molecule has 2 aliphatic heterocycles. The van der Waals surface area contributed by atoms with Crippen molar-refractivity contribution in [1.29, 1.82) is 0 Å². The maximum atomic E-state index is 12.9. The molecule has 0 aromatic rings. The van der Waals surface area contributed by atoms with Crippen LogP contribution in [0.15, 0.2) is 0 Å². The number of piperidine rings is 1. The van der Waals surface area contributed by atoms with Gasteiger partial charge in [0.15, 0.2) is 0 Å². The highest BCUT2D eigenvalue weighted by atomic mass is 19.1. The first-order valence-electron chi connectivity index (χ1n) is 4.13. The summed E-state index contributed by atoms with van der Waals surface area (Å²) in [7, 11) is 2.13. The van der Waals surface area contributed by atoms with E-state index in [9.17, 15) is 4.39 Å². The van der Waals surface area contributed by atoms with Gasteiger partial charge in [0, 0.05) is 12.1 Å². The van der Waals surface area contributed by atoms with Gasteiger partial charge in [0.2, 0.25) is 0 Å². The SMILES string of the molecule is CN1C2CCC1CC(F)C2. The maximum Gasteiger partial charge on any atom is 0.103 e. The molecule has 2 saturated heterocycles. The van der Waals surface area contributed by atoms with Crippen LogP contribution in [0, 0.1) is 0 Å². The van der Waals surface area contributed by atoms with Crippen molar-refractivity contribution in [2.75, 3.05) is 7.05 Å². The fourth-order valence-electron chi connectivity index (χ4n) is 2.35. The standard InChI is InChI=1S/C8H14FN/c1-10-7-2-3-8(10)5-6(9)4-7/h6-8H,2-5H2,1H3. The van der Waals surface area contributed by atoms with E-state index in [1.54, 1.807) is 0 Å². The van der Waals surface area contributed by atoms with Crippen LogP contribution in [0.4, 0.5) is 4.39 Å². The summed E-state index contributed by atoms with van der Waals surface area (Å²) in [5.74, 6) is 0. The zero-order valence-electron chi connectivity index (χ0n) is 6.39. The molecular formula is C8H14FN. The average molecular weight is 143 g/mol. The van der Waals surface area contributed by atoms with E-state index in [-0.39, 0.29) is 0 Å². The highest BCUT2D eigenvalue weighted by molar-refractivity contribution is 4.93. The Bertz CT molecular complexity index is 123. The Hall–Kier alpha value is -0.110. The van der Waals surface area contributed by atoms with Crippen LogP contribution in [-0.2, 0) is 0 Å². The first-order valence-corrected chi connectivity index (χ1v) is 4.13. The summed E-state index contributed by atoms with van der Waals surface area (Å²) in [5, 5.41) is 0. The van der Waals surface area contributed by atoms with Gasteiger partial charge in [0.25, 0.3) is 0 Å². The highest BCUT2D eigenvalue weighted by Crippen LogP contribution is 2.35. The predicted molar refractivity (Wildman–Crippen MR) is 38.7 cm³/mol. The maximum absolute atomic E-state index is 12.9. The first-order chi connectivity index (χ1) is 4.77. The topological polar surface area (TPSA) is 3.24 Å². The molecule has 0 aromatic heterocycles. The van der Waals surface area contributed by atoms with E-state index in [0.29, 0.717) is 12.1 Å². The van der Waals surface area contributed by atoms with Crippen molar-refractivity contribution in [1.82, 2.24) is 4.90 Å². The molecular weight excluding hydrogens is 129 g/mol. The second-order valence-electron chi connectivity index (χ2n) is 3.62. The molecule has 2 bridgehead atoms. The molecule has 0 aromatic carbocycles. The molecule has 2 fully saturated rings. The van der Waals surface area contributed by atoms with Crippen LogP contribution in [0.25, 0.3) is 0 Å². The molecule has 58 valence electrons. The fraction of sp³-hybridized carbons (Fsp3) is 1.00. The Morgan fingerprint density at radius 3 is 2.20 bits per heavy atom. The lowest BCUT2D eigenvalue weighted by Crippen LogP contribution is -2.40. The van der Waals surface area contributed by atoms with E-state index in [1.165, 1.54) is 12.8 Å². The minimum absolute atomic E-state index is 0.506. The third-order valence-electron chi connectivity index (χ3n) is 3.04. The van der Waals surface area contributed by atoms with Gasteiger partial charge in [0.05, 0.1) is 0 Å². The molecule has 0 aliphatic carbocycles. The van der Waals surface area contributed by atoms with Gasteiger partial charge in [-0.2, -0.15) is 0 Å². The first kappa shape index (κ1) is 6.59. The van der Waals surface area contributed by atoms with E-state index < -0.39 is 6.17 Å². The second-order valence-corrected chi connectivity index (χ2v) is 3.62. The van der Waals surface area contributed by atoms with Crippen LogP contribution in [-0.4, -0.2) is 30.2 Å². The summed E-state index contributed by atoms with van der Waals surface area (Å²) in [6.45, 7) is 0. The number of hydrogen-bond acceptors (Lipinski definition) is 1. The van der Waals surface area contributed by atoms with Gasteiger partial charge in [-0.25, -0.2) is 4.39 Å². The van der Waals surface area contributed by atoms with E-state index in [2.05, 4.69) is 11.9 Å². The number of fused-ring (bicyclic) bond motifs is 2. The van der Waals surface area contributed by atoms with E-state index in [1.807, 2.05) is 0 Å². The zero-order chi connectivity index (χ0) is 7.14. The number of hydrogen-bond donors (Lipinski definition) is 0. The van der Waals surface area contributed by atoms with E-state index in [0.717, 1.165) is 12.8 Å². The molecule has 1 nitrogen and oxygen atoms in total. The molecule has 0 spiro atoms. The lowest BCUT2D eigenvalue weighted by atomic mass is 10.0. The molecule has 0 amide bonds. The van der Waals surface area contributed by atoms with Crippen LogP contribution >= 0.6 is 0 Å². The van der Waals surface area contributed by atoms with Crippen molar-refractivity contribution in [2.45, 2.75) is 43.9 Å². The summed E-state index contributed by atoms with van der Waals surface area (Å²) >= 11 is 0. The molecule has 10 heavy (non-hydrogen) atoms. The van der Waals surface area contributed by atoms with Gasteiger partial charge >= 0.3 is 0 Å². The Balaban J connectivity index is 2.09. The third-order valence-corrected chi connectivity index (χ3v) is 3.04. The number of halogens is 1. The molecule has 0 N–H and O–H groups in total. The lowest BCUT2D eigenvalue weighted by Gasteiger charge is -2.32. The molecule has 2 atom stereocenters. The van der Waals surface area contributed by atoms with E-state index >= 15 is 0 Å². The number of nitrogens with zero attached hydrogens (tertiary/aromatic N) is 1. The molecule has 0 saturated carbocycles. The van der Waals surface area contributed by atoms with Crippen LogP contribution < -0.4 is 0 Å². The summed E-state index contributed by atoms with van der Waals surface area (Å²) in [4.78, 5) is 2.36. The molecule has 2 rings (SSSR count). The summed E-state index contributed by atoms with van der Waals surface area (Å²) in [6, 6.07) is 1.13. The van der Waals surface area contributed by atoms with Gasteiger partial charge in [-0.1, -0.05) is 0 Å². The summed E-state index contributed by atoms with van der Waals surface area (Å²) in [5.41, 5.74) is 0. The minimum Gasteiger partial charge on any atom is -0.300 e. The Morgan fingerprint density at radius 2 is 1.70 bits per heavy atom. The molecule has 2 unspecified atom stereocenters. The van der Waals surface area contributed by atoms with Crippen molar-refractivity contribution in [3.63, 3.8) is 0 Å². The van der Waals surface area contributed by atoms with Crippen molar-refractivity contribution < 1.29 is 4.39 Å². The number of rotatable bonds is 0. The van der Waals surface area contributed by atoms with Crippen molar-refractivity contribution in [2.24, 2.45) is 0 Å². The Morgan fingerprint density at radius 1 is 1.20 bits per heavy atom. The molecule has 2 heterocycles. The Labute approximate surface area is 61.2 Å². The summed E-state index contributed by atoms with van der Waals surface area (Å²) < 4.78 is 12.9. The predicted octanol–water partition coefficient (Wildman–Crippen LogP) is 1.58. The molecule has 2 aliphatic rings. The quantitative estimate of drug-likeness (QED) is 0.497.